The molecule has 1 fully saturated rings. The Morgan fingerprint density at radius 2 is 1.82 bits per heavy atom. The van der Waals surface area contributed by atoms with Crippen LogP contribution < -0.4 is 15.0 Å². The Labute approximate surface area is 236 Å². The lowest BCUT2D eigenvalue weighted by Crippen LogP contribution is -2.50. The number of nitrogens with zero attached hydrogens (tertiary/aromatic N) is 1. The second-order valence-corrected chi connectivity index (χ2v) is 11.0. The molecule has 0 aromatic heterocycles. The van der Waals surface area contributed by atoms with Gasteiger partial charge < -0.3 is 15.0 Å². The molecule has 3 aromatic carbocycles. The molecule has 4 nitrogen and oxygen atoms in total. The molecule has 6 heteroatoms. The molecule has 3 aromatic rings. The molecule has 1 saturated heterocycles. The summed E-state index contributed by atoms with van der Waals surface area (Å²) < 4.78 is 5.40. The maximum atomic E-state index is 12.6. The van der Waals surface area contributed by atoms with E-state index in [9.17, 15) is 4.79 Å². The van der Waals surface area contributed by atoms with Crippen molar-refractivity contribution in [3.8, 4) is 5.75 Å². The van der Waals surface area contributed by atoms with E-state index >= 15 is 0 Å². The summed E-state index contributed by atoms with van der Waals surface area (Å²) in [5, 5.41) is 4.72. The second kappa shape index (κ2) is 13.2. The van der Waals surface area contributed by atoms with E-state index in [0.29, 0.717) is 23.0 Å². The molecule has 4 atom stereocenters. The molecule has 1 aliphatic heterocycles. The molecule has 0 saturated carbocycles. The minimum absolute atomic E-state index is 0.0319. The van der Waals surface area contributed by atoms with Crippen molar-refractivity contribution < 1.29 is 9.53 Å². The molecule has 1 N–H and O–H groups in total. The van der Waals surface area contributed by atoms with E-state index in [4.69, 9.17) is 27.9 Å². The van der Waals surface area contributed by atoms with Gasteiger partial charge in [-0.25, -0.2) is 0 Å². The fourth-order valence-electron chi connectivity index (χ4n) is 5.67. The zero-order valence-corrected chi connectivity index (χ0v) is 23.6. The first-order valence-corrected chi connectivity index (χ1v) is 14.0. The van der Waals surface area contributed by atoms with Gasteiger partial charge in [0.25, 0.3) is 0 Å². The van der Waals surface area contributed by atoms with Crippen molar-refractivity contribution in [1.82, 2.24) is 5.32 Å². The molecule has 4 rings (SSSR count). The van der Waals surface area contributed by atoms with Crippen LogP contribution in [0.2, 0.25) is 10.0 Å². The van der Waals surface area contributed by atoms with E-state index in [2.05, 4.69) is 54.1 Å². The standard InChI is InChI=1S/C32H36Cl2N2O2/c1-4-7-22(2)31(29-10-6-11-30(37)35-29)32(24-14-16-25(33)17-15-24)36(27-9-5-8-26(34)20-27)21-23-12-18-28(38-3)19-13-23/h4-5,8-9,12-20,22,29,31-32H,1,6-7,10-11,21H2,2-3H3,(H,35,37). The number of hydrogen-bond donors (Lipinski definition) is 1. The Balaban J connectivity index is 1.88. The van der Waals surface area contributed by atoms with Gasteiger partial charge in [0.2, 0.25) is 5.91 Å². The average molecular weight is 552 g/mol. The number of piperidine rings is 1. The summed E-state index contributed by atoms with van der Waals surface area (Å²) in [6.45, 7) is 6.95. The van der Waals surface area contributed by atoms with Crippen LogP contribution in [0.3, 0.4) is 0 Å². The first kappa shape index (κ1) is 28.1. The van der Waals surface area contributed by atoms with E-state index < -0.39 is 0 Å². The van der Waals surface area contributed by atoms with E-state index in [-0.39, 0.29) is 29.8 Å². The predicted octanol–water partition coefficient (Wildman–Crippen LogP) is 8.25. The summed E-state index contributed by atoms with van der Waals surface area (Å²) in [4.78, 5) is 15.0. The van der Waals surface area contributed by atoms with Crippen molar-refractivity contribution in [1.29, 1.82) is 0 Å². The molecule has 1 heterocycles. The summed E-state index contributed by atoms with van der Waals surface area (Å²) in [7, 11) is 1.67. The van der Waals surface area contributed by atoms with Crippen molar-refractivity contribution >= 4 is 34.8 Å². The first-order valence-electron chi connectivity index (χ1n) is 13.2. The van der Waals surface area contributed by atoms with Crippen LogP contribution in [0.15, 0.2) is 85.5 Å². The molecule has 200 valence electrons. The number of rotatable bonds is 11. The highest BCUT2D eigenvalue weighted by atomic mass is 35.5. The van der Waals surface area contributed by atoms with E-state index in [0.717, 1.165) is 41.8 Å². The highest BCUT2D eigenvalue weighted by molar-refractivity contribution is 6.31. The normalized spacial score (nSPS) is 17.7. The van der Waals surface area contributed by atoms with Crippen LogP contribution in [0, 0.1) is 11.8 Å². The summed E-state index contributed by atoms with van der Waals surface area (Å²) in [5.41, 5.74) is 3.31. The van der Waals surface area contributed by atoms with E-state index in [1.165, 1.54) is 0 Å². The highest BCUT2D eigenvalue weighted by Gasteiger charge is 2.39. The van der Waals surface area contributed by atoms with Gasteiger partial charge in [0.15, 0.2) is 0 Å². The Morgan fingerprint density at radius 1 is 1.08 bits per heavy atom. The molecule has 0 bridgehead atoms. The quantitative estimate of drug-likeness (QED) is 0.244. The van der Waals surface area contributed by atoms with Crippen molar-refractivity contribution in [3.05, 3.63) is 107 Å². The Kier molecular flexibility index (Phi) is 9.76. The monoisotopic (exact) mass is 550 g/mol. The number of allylic oxidation sites excluding steroid dienone is 1. The molecule has 4 unspecified atom stereocenters. The van der Waals surface area contributed by atoms with Crippen LogP contribution in [0.1, 0.15) is 49.8 Å². The van der Waals surface area contributed by atoms with Crippen LogP contribution >= 0.6 is 23.2 Å². The molecule has 0 radical (unpaired) electrons. The maximum absolute atomic E-state index is 12.6. The van der Waals surface area contributed by atoms with Crippen LogP contribution in [-0.4, -0.2) is 19.1 Å². The summed E-state index contributed by atoms with van der Waals surface area (Å²) in [6.07, 6.45) is 5.22. The molecule has 0 spiro atoms. The SMILES string of the molecule is C=CCC(C)C(C1CCCC(=O)N1)C(c1ccc(Cl)cc1)N(Cc1ccc(OC)cc1)c1cccc(Cl)c1. The lowest BCUT2D eigenvalue weighted by molar-refractivity contribution is -0.124. The van der Waals surface area contributed by atoms with E-state index in [1.54, 1.807) is 7.11 Å². The van der Waals surface area contributed by atoms with Gasteiger partial charge >= 0.3 is 0 Å². The van der Waals surface area contributed by atoms with Crippen LogP contribution in [0.5, 0.6) is 5.75 Å². The largest absolute Gasteiger partial charge is 0.497 e. The van der Waals surface area contributed by atoms with Gasteiger partial charge in [-0.05, 0) is 78.8 Å². The van der Waals surface area contributed by atoms with Crippen molar-refractivity contribution in [3.63, 3.8) is 0 Å². The minimum atomic E-state index is -0.0637. The van der Waals surface area contributed by atoms with Gasteiger partial charge in [-0.3, -0.25) is 4.79 Å². The zero-order chi connectivity index (χ0) is 27.1. The Morgan fingerprint density at radius 3 is 2.45 bits per heavy atom. The molecular formula is C32H36Cl2N2O2. The molecule has 1 aliphatic rings. The van der Waals surface area contributed by atoms with Crippen LogP contribution in [0.25, 0.3) is 0 Å². The Bertz CT molecular complexity index is 1210. The number of carbonyl (C=O) groups excluding carboxylic acids is 1. The molecule has 38 heavy (non-hydrogen) atoms. The minimum Gasteiger partial charge on any atom is -0.497 e. The van der Waals surface area contributed by atoms with Crippen LogP contribution in [0.4, 0.5) is 5.69 Å². The van der Waals surface area contributed by atoms with Crippen molar-refractivity contribution in [2.75, 3.05) is 12.0 Å². The third-order valence-corrected chi connectivity index (χ3v) is 7.98. The van der Waals surface area contributed by atoms with E-state index in [1.807, 2.05) is 48.5 Å². The number of ether oxygens (including phenoxy) is 1. The fraction of sp³-hybridized carbons (Fsp3) is 0.344. The number of halogens is 2. The summed E-state index contributed by atoms with van der Waals surface area (Å²) in [5.74, 6) is 1.31. The van der Waals surface area contributed by atoms with Gasteiger partial charge in [0.05, 0.1) is 13.2 Å². The van der Waals surface area contributed by atoms with Gasteiger partial charge in [0, 0.05) is 40.7 Å². The number of anilines is 1. The third kappa shape index (κ3) is 6.92. The number of amides is 1. The number of nitrogens with one attached hydrogen (secondary N) is 1. The molecule has 0 aliphatic carbocycles. The predicted molar refractivity (Wildman–Crippen MR) is 158 cm³/mol. The second-order valence-electron chi connectivity index (χ2n) is 10.1. The van der Waals surface area contributed by atoms with Crippen molar-refractivity contribution in [2.45, 2.75) is 51.2 Å². The number of hydrogen-bond acceptors (Lipinski definition) is 3. The number of methoxy groups -OCH3 is 1. The van der Waals surface area contributed by atoms with Gasteiger partial charge in [-0.2, -0.15) is 0 Å². The zero-order valence-electron chi connectivity index (χ0n) is 22.1. The summed E-state index contributed by atoms with van der Waals surface area (Å²) in [6, 6.07) is 24.3. The molecule has 1 amide bonds. The molecular weight excluding hydrogens is 515 g/mol. The topological polar surface area (TPSA) is 41.6 Å². The highest BCUT2D eigenvalue weighted by Crippen LogP contribution is 2.43. The van der Waals surface area contributed by atoms with Crippen LogP contribution in [-0.2, 0) is 11.3 Å². The summed E-state index contributed by atoms with van der Waals surface area (Å²) >= 11 is 12.9. The Hall–Kier alpha value is -2.95. The number of carbonyl (C=O) groups is 1. The first-order chi connectivity index (χ1) is 18.4. The number of benzene rings is 3. The third-order valence-electron chi connectivity index (χ3n) is 7.49. The smallest absolute Gasteiger partial charge is 0.220 e. The fourth-order valence-corrected chi connectivity index (χ4v) is 5.98. The average Bonchev–Trinajstić information content (AvgIpc) is 2.91. The maximum Gasteiger partial charge on any atom is 0.220 e. The lowest BCUT2D eigenvalue weighted by atomic mass is 9.74. The lowest BCUT2D eigenvalue weighted by Gasteiger charge is -2.46. The van der Waals surface area contributed by atoms with Gasteiger partial charge in [-0.15, -0.1) is 6.58 Å². The van der Waals surface area contributed by atoms with Gasteiger partial charge in [0.1, 0.15) is 5.75 Å². The van der Waals surface area contributed by atoms with Gasteiger partial charge in [-0.1, -0.05) is 66.5 Å². The van der Waals surface area contributed by atoms with Crippen molar-refractivity contribution in [2.24, 2.45) is 11.8 Å².